The summed E-state index contributed by atoms with van der Waals surface area (Å²) in [5.41, 5.74) is 35.9. The molecule has 0 aliphatic heterocycles. The molecule has 0 N–H and O–H groups in total. The lowest BCUT2D eigenvalue weighted by Gasteiger charge is -2.36. The topological polar surface area (TPSA) is 6.48 Å². The molecule has 0 saturated carbocycles. The first-order valence-corrected chi connectivity index (χ1v) is 45.4. The van der Waals surface area contributed by atoms with E-state index in [2.05, 4.69) is 519 Å². The maximum atomic E-state index is 2.55. The number of hydrogen-bond donors (Lipinski definition) is 0. The van der Waals surface area contributed by atoms with Gasteiger partial charge in [-0.3, -0.25) is 0 Å². The molecule has 0 radical (unpaired) electrons. The third kappa shape index (κ3) is 10.8. The zero-order valence-electron chi connectivity index (χ0n) is 71.4. The average molecular weight is 1650 g/mol. The lowest BCUT2D eigenvalue weighted by molar-refractivity contribution is 0.767. The zero-order valence-corrected chi connectivity index (χ0v) is 71.4. The predicted molar refractivity (Wildman–Crippen MR) is 540 cm³/mol. The van der Waals surface area contributed by atoms with Crippen LogP contribution in [0.15, 0.2) is 510 Å². The molecule has 4 aliphatic rings. The van der Waals surface area contributed by atoms with E-state index in [1.54, 1.807) is 0 Å². The number of rotatable bonds is 15. The Morgan fingerprint density at radius 1 is 0.123 bits per heavy atom. The van der Waals surface area contributed by atoms with E-state index in [0.29, 0.717) is 0 Å². The summed E-state index contributed by atoms with van der Waals surface area (Å²) >= 11 is 0. The first kappa shape index (κ1) is 74.9. The van der Waals surface area contributed by atoms with Crippen molar-refractivity contribution in [1.82, 2.24) is 0 Å². The van der Waals surface area contributed by atoms with Gasteiger partial charge in [0.1, 0.15) is 0 Å². The van der Waals surface area contributed by atoms with E-state index in [0.717, 1.165) is 39.7 Å². The van der Waals surface area contributed by atoms with Crippen molar-refractivity contribution in [3.63, 3.8) is 0 Å². The number of nitrogens with zero attached hydrogens (tertiary/aromatic N) is 2. The van der Waals surface area contributed by atoms with E-state index < -0.39 is 21.7 Å². The summed E-state index contributed by atoms with van der Waals surface area (Å²) in [7, 11) is 0. The Morgan fingerprint density at radius 3 is 0.754 bits per heavy atom. The predicted octanol–water partition coefficient (Wildman–Crippen LogP) is 32.4. The van der Waals surface area contributed by atoms with Crippen LogP contribution in [0.2, 0.25) is 0 Å². The second-order valence-corrected chi connectivity index (χ2v) is 35.5. The van der Waals surface area contributed by atoms with Crippen molar-refractivity contribution in [1.29, 1.82) is 0 Å². The van der Waals surface area contributed by atoms with Crippen LogP contribution in [-0.4, -0.2) is 0 Å². The molecule has 2 nitrogen and oxygen atoms in total. The monoisotopic (exact) mass is 1650 g/mol. The molecule has 2 heteroatoms. The molecule has 26 rings (SSSR count). The fourth-order valence-corrected chi connectivity index (χ4v) is 24.0. The number of anilines is 6. The van der Waals surface area contributed by atoms with E-state index in [1.165, 1.54) is 182 Å². The Bertz CT molecular complexity index is 7970. The Morgan fingerprint density at radius 2 is 0.369 bits per heavy atom. The van der Waals surface area contributed by atoms with Gasteiger partial charge in [-0.25, -0.2) is 0 Å². The van der Waals surface area contributed by atoms with Gasteiger partial charge in [0, 0.05) is 34.1 Å². The third-order valence-corrected chi connectivity index (χ3v) is 29.3. The fourth-order valence-electron chi connectivity index (χ4n) is 24.0. The van der Waals surface area contributed by atoms with Crippen LogP contribution < -0.4 is 9.80 Å². The average Bonchev–Trinajstić information content (AvgIpc) is 1.54. The van der Waals surface area contributed by atoms with Gasteiger partial charge in [0.25, 0.3) is 0 Å². The number of benzene rings is 22. The molecule has 22 aromatic carbocycles. The first-order chi connectivity index (χ1) is 64.5. The summed E-state index contributed by atoms with van der Waals surface area (Å²) in [5.74, 6) is 0. The normalized spacial score (nSPS) is 14.7. The molecular formula is C128H84N2. The third-order valence-electron chi connectivity index (χ3n) is 29.3. The zero-order chi connectivity index (χ0) is 85.6. The van der Waals surface area contributed by atoms with Gasteiger partial charge in [0.15, 0.2) is 0 Å². The van der Waals surface area contributed by atoms with Crippen LogP contribution in [0, 0.1) is 0 Å². The molecule has 0 saturated heterocycles. The summed E-state index contributed by atoms with van der Waals surface area (Å²) < 4.78 is 0. The van der Waals surface area contributed by atoms with Crippen LogP contribution in [0.3, 0.4) is 0 Å². The lowest BCUT2D eigenvalue weighted by atomic mass is 9.67. The van der Waals surface area contributed by atoms with Gasteiger partial charge in [-0.15, -0.1) is 0 Å². The second-order valence-electron chi connectivity index (χ2n) is 35.5. The quantitative estimate of drug-likeness (QED) is 0.0944. The van der Waals surface area contributed by atoms with Crippen molar-refractivity contribution in [2.24, 2.45) is 0 Å². The van der Waals surface area contributed by atoms with Crippen molar-refractivity contribution in [3.8, 4) is 55.6 Å². The highest BCUT2D eigenvalue weighted by Crippen LogP contribution is 2.64. The summed E-state index contributed by atoms with van der Waals surface area (Å²) in [5, 5.41) is 9.59. The van der Waals surface area contributed by atoms with E-state index in [-0.39, 0.29) is 0 Å². The van der Waals surface area contributed by atoms with Crippen LogP contribution in [0.25, 0.3) is 98.7 Å². The molecule has 1 unspecified atom stereocenters. The fraction of sp³-hybridized carbons (Fsp3) is 0.0312. The van der Waals surface area contributed by atoms with Crippen LogP contribution in [0.4, 0.5) is 34.1 Å². The van der Waals surface area contributed by atoms with Gasteiger partial charge in [0.2, 0.25) is 0 Å². The Kier molecular flexibility index (Phi) is 17.0. The van der Waals surface area contributed by atoms with Crippen LogP contribution >= 0.6 is 0 Å². The van der Waals surface area contributed by atoms with Gasteiger partial charge in [-0.05, 0) is 261 Å². The minimum absolute atomic E-state index is 0.613. The molecule has 606 valence electrons. The Labute approximate surface area is 757 Å². The SMILES string of the molecule is c1ccc(C2(c3ccccc3)c3ccccc3-c3ccc(N(c4ccc5c(c4)C(c4ccccc4)(c4ccc(-c6cccc7c6ccc6ccc(N(c8ccc9c(c8)C(c8ccccc8)(c8ccccc8)c8ccccc8-9)c8ccc9c(c8)C(c8ccccc8)(c8ccccc8)c8ccccc8-9)cc67)cc4)c4ccccc4-5)c4ccc5c(ccc6ccccc65)c4)cc32)cc1. The Balaban J connectivity index is 0.645. The highest BCUT2D eigenvalue weighted by atomic mass is 15.1. The smallest absolute Gasteiger partial charge is 0.0714 e. The summed E-state index contributed by atoms with van der Waals surface area (Å²) in [4.78, 5) is 5.09. The van der Waals surface area contributed by atoms with E-state index in [9.17, 15) is 0 Å². The van der Waals surface area contributed by atoms with Crippen LogP contribution in [0.1, 0.15) is 89.0 Å². The van der Waals surface area contributed by atoms with Crippen molar-refractivity contribution in [2.45, 2.75) is 21.7 Å². The first-order valence-electron chi connectivity index (χ1n) is 45.4. The lowest BCUT2D eigenvalue weighted by Crippen LogP contribution is -2.29. The van der Waals surface area contributed by atoms with E-state index in [4.69, 9.17) is 0 Å². The molecular weight excluding hydrogens is 1570 g/mol. The minimum atomic E-state index is -0.747. The van der Waals surface area contributed by atoms with E-state index >= 15 is 0 Å². The second kappa shape index (κ2) is 29.6. The molecule has 1 atom stereocenters. The highest BCUT2D eigenvalue weighted by Gasteiger charge is 2.52. The van der Waals surface area contributed by atoms with Gasteiger partial charge >= 0.3 is 0 Å². The molecule has 0 fully saturated rings. The molecule has 0 heterocycles. The molecule has 0 spiro atoms. The Hall–Kier alpha value is -16.5. The molecule has 0 amide bonds. The van der Waals surface area contributed by atoms with Gasteiger partial charge in [-0.2, -0.15) is 0 Å². The number of hydrogen-bond acceptors (Lipinski definition) is 2. The standard InChI is InChI=1S/C128H84N2/c1-8-34-89(35-9-1)125(90-36-10-2-11-37-90)117-55-28-24-49-108(117)112-75-69-99(81-121(112)125)129(97-68-74-105-88(79-97)60-59-85-33-22-23-48-103(85)105)100-70-76-115-111-52-27-31-58-120(111)128(124(115)82-100,95-46-20-7-21-47-95)96-65-61-86(62-66-96)104-53-32-54-106-107(104)73-64-87-63-67-98(80-116(87)106)130(101-71-77-113-109-50-25-29-56-118(109)126(122(113)83-101,91-38-12-3-13-39-91)92-40-14-4-15-41-92)102-72-78-114-110-51-26-30-57-119(110)127(123(114)84-102,93-42-16-5-17-43-93)94-44-18-6-19-45-94/h1-84H. The van der Waals surface area contributed by atoms with Crippen molar-refractivity contribution in [2.75, 3.05) is 9.80 Å². The number of fused-ring (bicyclic) bond motifs is 18. The molecule has 4 aliphatic carbocycles. The van der Waals surface area contributed by atoms with Gasteiger partial charge < -0.3 is 9.80 Å². The van der Waals surface area contributed by atoms with Crippen molar-refractivity contribution in [3.05, 3.63) is 599 Å². The van der Waals surface area contributed by atoms with Crippen molar-refractivity contribution < 1.29 is 0 Å². The summed E-state index contributed by atoms with van der Waals surface area (Å²) in [6.07, 6.45) is 0. The van der Waals surface area contributed by atoms with Gasteiger partial charge in [0.05, 0.1) is 21.7 Å². The summed E-state index contributed by atoms with van der Waals surface area (Å²) in [6.45, 7) is 0. The maximum absolute atomic E-state index is 2.55. The minimum Gasteiger partial charge on any atom is -0.310 e. The van der Waals surface area contributed by atoms with Crippen molar-refractivity contribution >= 4 is 77.2 Å². The maximum Gasteiger partial charge on any atom is 0.0714 e. The molecule has 22 aromatic rings. The summed E-state index contributed by atoms with van der Waals surface area (Å²) in [6, 6.07) is 193. The van der Waals surface area contributed by atoms with Crippen LogP contribution in [0.5, 0.6) is 0 Å². The molecule has 0 bridgehead atoms. The van der Waals surface area contributed by atoms with Crippen LogP contribution in [-0.2, 0) is 21.7 Å². The highest BCUT2D eigenvalue weighted by molar-refractivity contribution is 6.14. The van der Waals surface area contributed by atoms with E-state index in [1.807, 2.05) is 0 Å². The van der Waals surface area contributed by atoms with Gasteiger partial charge in [-0.1, -0.05) is 437 Å². The molecule has 130 heavy (non-hydrogen) atoms. The largest absolute Gasteiger partial charge is 0.310 e. The molecule has 0 aromatic heterocycles.